The van der Waals surface area contributed by atoms with E-state index in [1.807, 2.05) is 6.92 Å². The van der Waals surface area contributed by atoms with Gasteiger partial charge in [-0.25, -0.2) is 4.39 Å². The van der Waals surface area contributed by atoms with Gasteiger partial charge in [-0.1, -0.05) is 6.92 Å². The van der Waals surface area contributed by atoms with E-state index >= 15 is 0 Å². The fourth-order valence-electron chi connectivity index (χ4n) is 1.65. The van der Waals surface area contributed by atoms with Gasteiger partial charge in [-0.2, -0.15) is 0 Å². The van der Waals surface area contributed by atoms with Crippen LogP contribution in [0.15, 0.2) is 18.2 Å². The number of benzene rings is 1. The molecule has 1 aromatic carbocycles. The minimum absolute atomic E-state index is 0.0102. The molecule has 0 bridgehead atoms. The number of hydrogen-bond acceptors (Lipinski definition) is 3. The summed E-state index contributed by atoms with van der Waals surface area (Å²) in [7, 11) is 1.44. The second-order valence-electron chi connectivity index (χ2n) is 4.53. The summed E-state index contributed by atoms with van der Waals surface area (Å²) in [6.45, 7) is 2.54. The molecule has 0 aliphatic rings. The largest absolute Gasteiger partial charge is 0.497 e. The highest BCUT2D eigenvalue weighted by atomic mass is 19.1. The van der Waals surface area contributed by atoms with Gasteiger partial charge in [0.15, 0.2) is 0 Å². The number of carbonyl (C=O) groups is 1. The van der Waals surface area contributed by atoms with Gasteiger partial charge in [0.25, 0.3) is 5.91 Å². The lowest BCUT2D eigenvalue weighted by atomic mass is 10.1. The number of hydrogen-bond donors (Lipinski definition) is 2. The zero-order valence-corrected chi connectivity index (χ0v) is 11.3. The fourth-order valence-corrected chi connectivity index (χ4v) is 1.65. The Morgan fingerprint density at radius 1 is 1.53 bits per heavy atom. The van der Waals surface area contributed by atoms with Gasteiger partial charge in [-0.15, -0.1) is 0 Å². The van der Waals surface area contributed by atoms with E-state index in [0.29, 0.717) is 12.3 Å². The molecule has 1 atom stereocenters. The summed E-state index contributed by atoms with van der Waals surface area (Å²) in [6.07, 6.45) is 1.58. The maximum Gasteiger partial charge on any atom is 0.254 e. The van der Waals surface area contributed by atoms with Crippen molar-refractivity contribution in [2.24, 2.45) is 5.92 Å². The molecule has 5 heteroatoms. The van der Waals surface area contributed by atoms with Crippen LogP contribution in [0.4, 0.5) is 4.39 Å². The van der Waals surface area contributed by atoms with Gasteiger partial charge in [0.05, 0.1) is 12.7 Å². The van der Waals surface area contributed by atoms with E-state index in [1.165, 1.54) is 19.2 Å². The van der Waals surface area contributed by atoms with Crippen LogP contribution in [0.3, 0.4) is 0 Å². The number of methoxy groups -OCH3 is 1. The maximum atomic E-state index is 13.6. The highest BCUT2D eigenvalue weighted by molar-refractivity contribution is 5.94. The number of aliphatic hydroxyl groups is 1. The zero-order valence-electron chi connectivity index (χ0n) is 11.3. The van der Waals surface area contributed by atoms with Crippen LogP contribution in [0.1, 0.15) is 30.1 Å². The second kappa shape index (κ2) is 7.74. The molecule has 0 saturated carbocycles. The van der Waals surface area contributed by atoms with Crippen LogP contribution in [0.25, 0.3) is 0 Å². The Balaban J connectivity index is 2.45. The zero-order chi connectivity index (χ0) is 14.3. The summed E-state index contributed by atoms with van der Waals surface area (Å²) in [4.78, 5) is 11.7. The molecular formula is C14H20FNO3. The molecule has 1 rings (SSSR count). The molecule has 0 aliphatic carbocycles. The molecule has 0 aliphatic heterocycles. The van der Waals surface area contributed by atoms with E-state index in [1.54, 1.807) is 6.07 Å². The van der Waals surface area contributed by atoms with Crippen LogP contribution < -0.4 is 10.1 Å². The molecule has 0 saturated heterocycles. The standard InChI is InChI=1S/C14H20FNO3/c1-10(9-17)4-3-7-16-14(18)12-6-5-11(19-2)8-13(12)15/h5-6,8,10,17H,3-4,7,9H2,1-2H3,(H,16,18). The molecule has 0 radical (unpaired) electrons. The molecule has 0 heterocycles. The van der Waals surface area contributed by atoms with Gasteiger partial charge >= 0.3 is 0 Å². The summed E-state index contributed by atoms with van der Waals surface area (Å²) in [6, 6.07) is 4.13. The molecule has 1 unspecified atom stereocenters. The van der Waals surface area contributed by atoms with Crippen molar-refractivity contribution in [2.75, 3.05) is 20.3 Å². The van der Waals surface area contributed by atoms with Gasteiger partial charge in [-0.3, -0.25) is 4.79 Å². The quantitative estimate of drug-likeness (QED) is 0.744. The molecule has 4 nitrogen and oxygen atoms in total. The lowest BCUT2D eigenvalue weighted by molar-refractivity contribution is 0.0948. The normalized spacial score (nSPS) is 12.0. The summed E-state index contributed by atoms with van der Waals surface area (Å²) < 4.78 is 18.5. The fraction of sp³-hybridized carbons (Fsp3) is 0.500. The van der Waals surface area contributed by atoms with Gasteiger partial charge in [0.2, 0.25) is 0 Å². The molecule has 0 fully saturated rings. The second-order valence-corrected chi connectivity index (χ2v) is 4.53. The lowest BCUT2D eigenvalue weighted by Gasteiger charge is -2.09. The van der Waals surface area contributed by atoms with E-state index in [4.69, 9.17) is 9.84 Å². The van der Waals surface area contributed by atoms with E-state index in [0.717, 1.165) is 12.8 Å². The Hall–Kier alpha value is -1.62. The molecular weight excluding hydrogens is 249 g/mol. The third-order valence-corrected chi connectivity index (χ3v) is 2.89. The third-order valence-electron chi connectivity index (χ3n) is 2.89. The van der Waals surface area contributed by atoms with Crippen LogP contribution in [0.5, 0.6) is 5.75 Å². The SMILES string of the molecule is COc1ccc(C(=O)NCCCC(C)CO)c(F)c1. The van der Waals surface area contributed by atoms with E-state index < -0.39 is 11.7 Å². The van der Waals surface area contributed by atoms with E-state index in [-0.39, 0.29) is 18.1 Å². The summed E-state index contributed by atoms with van der Waals surface area (Å²) in [5, 5.41) is 11.5. The van der Waals surface area contributed by atoms with Crippen LogP contribution in [-0.2, 0) is 0 Å². The van der Waals surface area contributed by atoms with E-state index in [2.05, 4.69) is 5.32 Å². The number of ether oxygens (including phenoxy) is 1. The van der Waals surface area contributed by atoms with Crippen molar-refractivity contribution in [3.05, 3.63) is 29.6 Å². The molecule has 1 amide bonds. The molecule has 0 spiro atoms. The molecule has 0 aromatic heterocycles. The molecule has 2 N–H and O–H groups in total. The average molecular weight is 269 g/mol. The highest BCUT2D eigenvalue weighted by Crippen LogP contribution is 2.16. The molecule has 106 valence electrons. The number of amides is 1. The highest BCUT2D eigenvalue weighted by Gasteiger charge is 2.12. The Morgan fingerprint density at radius 2 is 2.26 bits per heavy atom. The van der Waals surface area contributed by atoms with Crippen molar-refractivity contribution in [2.45, 2.75) is 19.8 Å². The number of halogens is 1. The summed E-state index contributed by atoms with van der Waals surface area (Å²) >= 11 is 0. The summed E-state index contributed by atoms with van der Waals surface area (Å²) in [5.41, 5.74) is 0.0102. The first-order valence-electron chi connectivity index (χ1n) is 6.31. The van der Waals surface area contributed by atoms with Gasteiger partial charge in [0.1, 0.15) is 11.6 Å². The van der Waals surface area contributed by atoms with Crippen molar-refractivity contribution >= 4 is 5.91 Å². The van der Waals surface area contributed by atoms with Gasteiger partial charge in [0, 0.05) is 19.2 Å². The average Bonchev–Trinajstić information content (AvgIpc) is 2.42. The van der Waals surface area contributed by atoms with Crippen LogP contribution in [-0.4, -0.2) is 31.3 Å². The number of nitrogens with one attached hydrogen (secondary N) is 1. The van der Waals surface area contributed by atoms with Crippen molar-refractivity contribution in [3.63, 3.8) is 0 Å². The van der Waals surface area contributed by atoms with Crippen LogP contribution in [0.2, 0.25) is 0 Å². The molecule has 19 heavy (non-hydrogen) atoms. The first-order chi connectivity index (χ1) is 9.08. The monoisotopic (exact) mass is 269 g/mol. The predicted octanol–water partition coefficient (Wildman–Crippen LogP) is 1.97. The predicted molar refractivity (Wildman–Crippen MR) is 70.8 cm³/mol. The third kappa shape index (κ3) is 4.87. The van der Waals surface area contributed by atoms with Crippen molar-refractivity contribution < 1.29 is 19.0 Å². The Kier molecular flexibility index (Phi) is 6.29. The Labute approximate surface area is 112 Å². The minimum Gasteiger partial charge on any atom is -0.497 e. The first kappa shape index (κ1) is 15.4. The minimum atomic E-state index is -0.597. The van der Waals surface area contributed by atoms with E-state index in [9.17, 15) is 9.18 Å². The van der Waals surface area contributed by atoms with Crippen LogP contribution >= 0.6 is 0 Å². The smallest absolute Gasteiger partial charge is 0.254 e. The number of rotatable bonds is 7. The van der Waals surface area contributed by atoms with Crippen LogP contribution in [0, 0.1) is 11.7 Å². The van der Waals surface area contributed by atoms with Crippen molar-refractivity contribution in [1.29, 1.82) is 0 Å². The number of aliphatic hydroxyl groups excluding tert-OH is 1. The lowest BCUT2D eigenvalue weighted by Crippen LogP contribution is -2.25. The van der Waals surface area contributed by atoms with Gasteiger partial charge in [-0.05, 0) is 30.9 Å². The Bertz CT molecular complexity index is 423. The van der Waals surface area contributed by atoms with Crippen molar-refractivity contribution in [1.82, 2.24) is 5.32 Å². The van der Waals surface area contributed by atoms with Crippen molar-refractivity contribution in [3.8, 4) is 5.75 Å². The molecule has 1 aromatic rings. The summed E-state index contributed by atoms with van der Waals surface area (Å²) in [5.74, 6) is -0.433. The van der Waals surface area contributed by atoms with Gasteiger partial charge < -0.3 is 15.2 Å². The maximum absolute atomic E-state index is 13.6. The first-order valence-corrected chi connectivity index (χ1v) is 6.31. The Morgan fingerprint density at radius 3 is 2.84 bits per heavy atom. The number of carbonyl (C=O) groups excluding carboxylic acids is 1. The topological polar surface area (TPSA) is 58.6 Å².